The van der Waals surface area contributed by atoms with E-state index in [1.807, 2.05) is 35.2 Å². The monoisotopic (exact) mass is 237 g/mol. The topological polar surface area (TPSA) is 52.9 Å². The highest BCUT2D eigenvalue weighted by Crippen LogP contribution is 2.12. The molecule has 0 amide bonds. The summed E-state index contributed by atoms with van der Waals surface area (Å²) >= 11 is 0. The molecule has 1 aromatic rings. The fraction of sp³-hybridized carbons (Fsp3) is 0.385. The van der Waals surface area contributed by atoms with E-state index in [-0.39, 0.29) is 13.2 Å². The number of nitrogens with zero attached hydrogens (tertiary/aromatic N) is 1. The molecule has 94 valence electrons. The SMILES string of the molecule is C=CCN(CCO)C(CO)Oc1ccccc1. The summed E-state index contributed by atoms with van der Waals surface area (Å²) in [5.41, 5.74) is 0. The number of benzene rings is 1. The normalized spacial score (nSPS) is 12.4. The Morgan fingerprint density at radius 1 is 1.29 bits per heavy atom. The first-order chi connectivity index (χ1) is 8.31. The van der Waals surface area contributed by atoms with Gasteiger partial charge in [0.1, 0.15) is 5.75 Å². The molecule has 4 nitrogen and oxygen atoms in total. The second-order valence-electron chi connectivity index (χ2n) is 3.58. The second-order valence-corrected chi connectivity index (χ2v) is 3.58. The molecule has 0 aliphatic heterocycles. The van der Waals surface area contributed by atoms with Crippen LogP contribution in [0.4, 0.5) is 0 Å². The summed E-state index contributed by atoms with van der Waals surface area (Å²) in [6, 6.07) is 9.29. The van der Waals surface area contributed by atoms with Gasteiger partial charge in [0.25, 0.3) is 0 Å². The Morgan fingerprint density at radius 2 is 2.00 bits per heavy atom. The maximum atomic E-state index is 9.33. The van der Waals surface area contributed by atoms with E-state index in [4.69, 9.17) is 9.84 Å². The van der Waals surface area contributed by atoms with Gasteiger partial charge in [-0.05, 0) is 12.1 Å². The van der Waals surface area contributed by atoms with E-state index in [1.165, 1.54) is 0 Å². The molecule has 4 heteroatoms. The predicted octanol–water partition coefficient (Wildman–Crippen LogP) is 0.864. The van der Waals surface area contributed by atoms with Crippen molar-refractivity contribution in [1.82, 2.24) is 4.90 Å². The van der Waals surface area contributed by atoms with Gasteiger partial charge in [0.05, 0.1) is 13.2 Å². The van der Waals surface area contributed by atoms with Crippen LogP contribution in [-0.4, -0.2) is 47.6 Å². The third kappa shape index (κ3) is 4.56. The van der Waals surface area contributed by atoms with Crippen molar-refractivity contribution >= 4 is 0 Å². The predicted molar refractivity (Wildman–Crippen MR) is 66.8 cm³/mol. The van der Waals surface area contributed by atoms with Gasteiger partial charge < -0.3 is 14.9 Å². The van der Waals surface area contributed by atoms with E-state index >= 15 is 0 Å². The van der Waals surface area contributed by atoms with Gasteiger partial charge in [0.2, 0.25) is 0 Å². The minimum atomic E-state index is -0.470. The van der Waals surface area contributed by atoms with Crippen LogP contribution in [-0.2, 0) is 0 Å². The number of rotatable bonds is 8. The van der Waals surface area contributed by atoms with E-state index in [9.17, 15) is 5.11 Å². The van der Waals surface area contributed by atoms with E-state index < -0.39 is 6.23 Å². The van der Waals surface area contributed by atoms with E-state index in [0.717, 1.165) is 0 Å². The van der Waals surface area contributed by atoms with E-state index in [1.54, 1.807) is 6.08 Å². The minimum Gasteiger partial charge on any atom is -0.473 e. The number of ether oxygens (including phenoxy) is 1. The fourth-order valence-electron chi connectivity index (χ4n) is 1.53. The van der Waals surface area contributed by atoms with Gasteiger partial charge in [-0.3, -0.25) is 4.90 Å². The van der Waals surface area contributed by atoms with Crippen LogP contribution >= 0.6 is 0 Å². The Balaban J connectivity index is 2.64. The summed E-state index contributed by atoms with van der Waals surface area (Å²) < 4.78 is 5.65. The van der Waals surface area contributed by atoms with Crippen molar-refractivity contribution in [3.8, 4) is 5.75 Å². The number of hydrogen-bond acceptors (Lipinski definition) is 4. The Kier molecular flexibility index (Phi) is 6.32. The molecule has 0 spiro atoms. The summed E-state index contributed by atoms with van der Waals surface area (Å²) in [5.74, 6) is 0.693. The molecule has 0 bridgehead atoms. The lowest BCUT2D eigenvalue weighted by Gasteiger charge is -2.29. The molecule has 0 radical (unpaired) electrons. The highest BCUT2D eigenvalue weighted by molar-refractivity contribution is 5.21. The molecule has 17 heavy (non-hydrogen) atoms. The summed E-state index contributed by atoms with van der Waals surface area (Å²) in [4.78, 5) is 1.82. The maximum Gasteiger partial charge on any atom is 0.176 e. The molecule has 1 aromatic carbocycles. The molecule has 1 atom stereocenters. The van der Waals surface area contributed by atoms with Gasteiger partial charge in [-0.2, -0.15) is 0 Å². The Morgan fingerprint density at radius 3 is 2.53 bits per heavy atom. The smallest absolute Gasteiger partial charge is 0.176 e. The van der Waals surface area contributed by atoms with Gasteiger partial charge in [-0.25, -0.2) is 0 Å². The maximum absolute atomic E-state index is 9.33. The van der Waals surface area contributed by atoms with Crippen molar-refractivity contribution in [1.29, 1.82) is 0 Å². The van der Waals surface area contributed by atoms with Crippen LogP contribution in [0.3, 0.4) is 0 Å². The third-order valence-corrected chi connectivity index (χ3v) is 2.33. The number of aliphatic hydroxyl groups is 2. The average molecular weight is 237 g/mol. The molecule has 0 heterocycles. The quantitative estimate of drug-likeness (QED) is 0.520. The zero-order valence-electron chi connectivity index (χ0n) is 9.83. The van der Waals surface area contributed by atoms with Crippen molar-refractivity contribution < 1.29 is 14.9 Å². The first-order valence-electron chi connectivity index (χ1n) is 5.60. The molecule has 1 unspecified atom stereocenters. The number of aliphatic hydroxyl groups excluding tert-OH is 2. The molecule has 0 aliphatic rings. The standard InChI is InChI=1S/C13H19NO3/c1-2-8-14(9-10-15)13(11-16)17-12-6-4-3-5-7-12/h2-7,13,15-16H,1,8-11H2. The van der Waals surface area contributed by atoms with Gasteiger partial charge in [-0.15, -0.1) is 6.58 Å². The van der Waals surface area contributed by atoms with E-state index in [0.29, 0.717) is 18.8 Å². The van der Waals surface area contributed by atoms with Crippen LogP contribution in [0.2, 0.25) is 0 Å². The highest BCUT2D eigenvalue weighted by Gasteiger charge is 2.17. The first-order valence-corrected chi connectivity index (χ1v) is 5.60. The average Bonchev–Trinajstić information content (AvgIpc) is 2.37. The van der Waals surface area contributed by atoms with Gasteiger partial charge in [0.15, 0.2) is 6.23 Å². The largest absolute Gasteiger partial charge is 0.473 e. The molecule has 0 saturated carbocycles. The van der Waals surface area contributed by atoms with Gasteiger partial charge >= 0.3 is 0 Å². The van der Waals surface area contributed by atoms with Crippen molar-refractivity contribution in [3.63, 3.8) is 0 Å². The van der Waals surface area contributed by atoms with Crippen LogP contribution in [0.1, 0.15) is 0 Å². The highest BCUT2D eigenvalue weighted by atomic mass is 16.5. The van der Waals surface area contributed by atoms with Crippen molar-refractivity contribution in [2.24, 2.45) is 0 Å². The Hall–Kier alpha value is -1.36. The fourth-order valence-corrected chi connectivity index (χ4v) is 1.53. The Labute approximate surface area is 102 Å². The van der Waals surface area contributed by atoms with Crippen molar-refractivity contribution in [3.05, 3.63) is 43.0 Å². The second kappa shape index (κ2) is 7.84. The molecule has 0 saturated heterocycles. The lowest BCUT2D eigenvalue weighted by Crippen LogP contribution is -2.43. The molecule has 0 aromatic heterocycles. The molecule has 0 fully saturated rings. The third-order valence-electron chi connectivity index (χ3n) is 2.33. The molecular formula is C13H19NO3. The first kappa shape index (κ1) is 13.7. The molecule has 2 N–H and O–H groups in total. The number of hydrogen-bond donors (Lipinski definition) is 2. The lowest BCUT2D eigenvalue weighted by molar-refractivity contribution is -0.0163. The molecule has 1 rings (SSSR count). The summed E-state index contributed by atoms with van der Waals surface area (Å²) in [7, 11) is 0. The van der Waals surface area contributed by atoms with Crippen LogP contribution in [0, 0.1) is 0 Å². The van der Waals surface area contributed by atoms with Crippen LogP contribution in [0.15, 0.2) is 43.0 Å². The van der Waals surface area contributed by atoms with Gasteiger partial charge in [-0.1, -0.05) is 24.3 Å². The lowest BCUT2D eigenvalue weighted by atomic mass is 10.3. The van der Waals surface area contributed by atoms with Crippen molar-refractivity contribution in [2.45, 2.75) is 6.23 Å². The summed E-state index contributed by atoms with van der Waals surface area (Å²) in [5, 5.41) is 18.3. The molecular weight excluding hydrogens is 218 g/mol. The zero-order valence-corrected chi connectivity index (χ0v) is 9.83. The summed E-state index contributed by atoms with van der Waals surface area (Å²) in [6.07, 6.45) is 1.25. The van der Waals surface area contributed by atoms with Crippen LogP contribution in [0.25, 0.3) is 0 Å². The Bertz CT molecular complexity index is 316. The van der Waals surface area contributed by atoms with Crippen molar-refractivity contribution in [2.75, 3.05) is 26.3 Å². The minimum absolute atomic E-state index is 0.0164. The molecule has 0 aliphatic carbocycles. The van der Waals surface area contributed by atoms with Crippen LogP contribution < -0.4 is 4.74 Å². The van der Waals surface area contributed by atoms with Crippen LogP contribution in [0.5, 0.6) is 5.75 Å². The van der Waals surface area contributed by atoms with E-state index in [2.05, 4.69) is 6.58 Å². The summed E-state index contributed by atoms with van der Waals surface area (Å²) in [6.45, 7) is 4.51. The number of para-hydroxylation sites is 1. The van der Waals surface area contributed by atoms with Gasteiger partial charge in [0, 0.05) is 13.1 Å². The zero-order chi connectivity index (χ0) is 12.5.